The number of hydrogen-bond donors (Lipinski definition) is 1. The van der Waals surface area contributed by atoms with Gasteiger partial charge in [0.15, 0.2) is 0 Å². The second-order valence-electron chi connectivity index (χ2n) is 10.2. The summed E-state index contributed by atoms with van der Waals surface area (Å²) in [4.78, 5) is 20.7. The van der Waals surface area contributed by atoms with Gasteiger partial charge in [-0.05, 0) is 85.3 Å². The fraction of sp³-hybridized carbons (Fsp3) is 0.400. The van der Waals surface area contributed by atoms with Gasteiger partial charge in [-0.3, -0.25) is 4.98 Å². The van der Waals surface area contributed by atoms with Gasteiger partial charge in [0, 0.05) is 44.6 Å². The number of pyridine rings is 1. The second kappa shape index (κ2) is 11.5. The quantitative estimate of drug-likeness (QED) is 0.402. The third kappa shape index (κ3) is 6.94. The summed E-state index contributed by atoms with van der Waals surface area (Å²) in [6.45, 7) is 5.20. The number of hydrogen-bond acceptors (Lipinski definition) is 5. The van der Waals surface area contributed by atoms with Crippen molar-refractivity contribution in [3.63, 3.8) is 0 Å². The highest BCUT2D eigenvalue weighted by Gasteiger charge is 2.25. The number of amides is 2. The van der Waals surface area contributed by atoms with Crippen LogP contribution in [0.15, 0.2) is 73.1 Å². The minimum Gasteiger partial charge on any atom is -0.493 e. The molecular weight excluding hydrogens is 464 g/mol. The number of nitrogens with zero attached hydrogens (tertiary/aromatic N) is 3. The number of aromatic nitrogens is 1. The van der Waals surface area contributed by atoms with Crippen LogP contribution in [0.1, 0.15) is 43.4 Å². The number of carbonyl (C=O) groups excluding carboxylic acids is 1. The number of anilines is 1. The molecule has 1 aliphatic heterocycles. The summed E-state index contributed by atoms with van der Waals surface area (Å²) >= 11 is 0. The lowest BCUT2D eigenvalue weighted by atomic mass is 10.1. The first-order chi connectivity index (χ1) is 18.0. The molecule has 3 aromatic rings. The molecule has 2 amide bonds. The summed E-state index contributed by atoms with van der Waals surface area (Å²) in [6.07, 6.45) is 7.21. The smallest absolute Gasteiger partial charge is 0.317 e. The lowest BCUT2D eigenvalue weighted by Crippen LogP contribution is -2.38. The van der Waals surface area contributed by atoms with E-state index in [0.717, 1.165) is 54.7 Å². The first-order valence-corrected chi connectivity index (χ1v) is 13.2. The second-order valence-corrected chi connectivity index (χ2v) is 10.2. The van der Waals surface area contributed by atoms with Crippen molar-refractivity contribution >= 4 is 11.7 Å². The summed E-state index contributed by atoms with van der Waals surface area (Å²) in [5, 5.41) is 3.07. The molecule has 7 nitrogen and oxygen atoms in total. The zero-order valence-electron chi connectivity index (χ0n) is 21.7. The number of benzene rings is 2. The Morgan fingerprint density at radius 2 is 1.73 bits per heavy atom. The van der Waals surface area contributed by atoms with E-state index in [-0.39, 0.29) is 18.2 Å². The molecule has 2 heterocycles. The number of rotatable bonds is 10. The molecule has 7 heteroatoms. The molecule has 2 aliphatic rings. The van der Waals surface area contributed by atoms with E-state index in [1.54, 1.807) is 24.3 Å². The molecule has 37 heavy (non-hydrogen) atoms. The largest absolute Gasteiger partial charge is 0.493 e. The summed E-state index contributed by atoms with van der Waals surface area (Å²) < 4.78 is 12.1. The van der Waals surface area contributed by atoms with Crippen molar-refractivity contribution in [2.75, 3.05) is 31.6 Å². The topological polar surface area (TPSA) is 66.9 Å². The Bertz CT molecular complexity index is 1150. The highest BCUT2D eigenvalue weighted by atomic mass is 16.5. The van der Waals surface area contributed by atoms with Gasteiger partial charge in [-0.15, -0.1) is 0 Å². The van der Waals surface area contributed by atoms with Crippen LogP contribution in [0.3, 0.4) is 0 Å². The van der Waals surface area contributed by atoms with Crippen molar-refractivity contribution in [3.8, 4) is 11.5 Å². The average molecular weight is 501 g/mol. The Hall–Kier alpha value is -3.74. The minimum absolute atomic E-state index is 0.111. The standard InChI is InChI=1S/C30H36N4O3/c1-22(32-30(35)33(2)19-23-13-16-31-17-14-23)25-5-9-28(10-6-25)37-29-15-18-34(20-29)26-7-11-27(12-8-26)36-21-24-3-4-24/h5-14,16-17,22,24,29H,3-4,15,18-21H2,1-2H3,(H,32,35). The van der Waals surface area contributed by atoms with Gasteiger partial charge in [-0.25, -0.2) is 4.79 Å². The Balaban J connectivity index is 1.08. The Morgan fingerprint density at radius 3 is 2.43 bits per heavy atom. The number of urea groups is 1. The fourth-order valence-corrected chi connectivity index (χ4v) is 4.55. The number of ether oxygens (including phenoxy) is 2. The molecule has 2 unspecified atom stereocenters. The zero-order valence-corrected chi connectivity index (χ0v) is 21.7. The third-order valence-corrected chi connectivity index (χ3v) is 7.07. The maximum atomic E-state index is 12.6. The molecule has 2 aromatic carbocycles. The lowest BCUT2D eigenvalue weighted by Gasteiger charge is -2.22. The van der Waals surface area contributed by atoms with Crippen LogP contribution >= 0.6 is 0 Å². The monoisotopic (exact) mass is 500 g/mol. The molecule has 0 radical (unpaired) electrons. The lowest BCUT2D eigenvalue weighted by molar-refractivity contribution is 0.203. The zero-order chi connectivity index (χ0) is 25.6. The van der Waals surface area contributed by atoms with Crippen molar-refractivity contribution in [1.29, 1.82) is 0 Å². The summed E-state index contributed by atoms with van der Waals surface area (Å²) in [6, 6.07) is 20.1. The van der Waals surface area contributed by atoms with Gasteiger partial charge >= 0.3 is 6.03 Å². The van der Waals surface area contributed by atoms with Gasteiger partial charge in [0.1, 0.15) is 17.6 Å². The minimum atomic E-state index is -0.113. The molecule has 194 valence electrons. The fourth-order valence-electron chi connectivity index (χ4n) is 4.55. The number of nitrogens with one attached hydrogen (secondary N) is 1. The molecule has 0 bridgehead atoms. The molecule has 1 aromatic heterocycles. The molecule has 1 saturated carbocycles. The predicted octanol–water partition coefficient (Wildman–Crippen LogP) is 5.43. The van der Waals surface area contributed by atoms with Crippen LogP contribution < -0.4 is 19.7 Å². The van der Waals surface area contributed by atoms with Gasteiger partial charge < -0.3 is 24.6 Å². The van der Waals surface area contributed by atoms with Crippen molar-refractivity contribution in [2.45, 2.75) is 44.9 Å². The molecule has 1 N–H and O–H groups in total. The molecule has 0 spiro atoms. The summed E-state index contributed by atoms with van der Waals surface area (Å²) in [5.41, 5.74) is 3.29. The third-order valence-electron chi connectivity index (χ3n) is 7.07. The van der Waals surface area contributed by atoms with Gasteiger partial charge in [-0.2, -0.15) is 0 Å². The van der Waals surface area contributed by atoms with Crippen molar-refractivity contribution in [1.82, 2.24) is 15.2 Å². The van der Waals surface area contributed by atoms with Crippen molar-refractivity contribution in [3.05, 3.63) is 84.2 Å². The van der Waals surface area contributed by atoms with Crippen molar-refractivity contribution < 1.29 is 14.3 Å². The van der Waals surface area contributed by atoms with Crippen LogP contribution in [0, 0.1) is 5.92 Å². The van der Waals surface area contributed by atoms with Gasteiger partial charge in [0.2, 0.25) is 0 Å². The Morgan fingerprint density at radius 1 is 1.03 bits per heavy atom. The van der Waals surface area contributed by atoms with E-state index in [9.17, 15) is 4.79 Å². The van der Waals surface area contributed by atoms with E-state index in [0.29, 0.717) is 6.54 Å². The maximum Gasteiger partial charge on any atom is 0.317 e. The van der Waals surface area contributed by atoms with E-state index in [1.165, 1.54) is 18.5 Å². The molecule has 2 atom stereocenters. The summed E-state index contributed by atoms with van der Waals surface area (Å²) in [5.74, 6) is 2.57. The van der Waals surface area contributed by atoms with Gasteiger partial charge in [-0.1, -0.05) is 12.1 Å². The van der Waals surface area contributed by atoms with Crippen LogP contribution in [0.2, 0.25) is 0 Å². The molecular formula is C30H36N4O3. The molecule has 1 aliphatic carbocycles. The first kappa shape index (κ1) is 24.9. The van der Waals surface area contributed by atoms with Gasteiger partial charge in [0.05, 0.1) is 19.2 Å². The highest BCUT2D eigenvalue weighted by Crippen LogP contribution is 2.30. The van der Waals surface area contributed by atoms with E-state index in [4.69, 9.17) is 9.47 Å². The molecule has 1 saturated heterocycles. The average Bonchev–Trinajstić information content (AvgIpc) is 3.65. The maximum absolute atomic E-state index is 12.6. The number of carbonyl (C=O) groups is 1. The molecule has 2 fully saturated rings. The van der Waals surface area contributed by atoms with Crippen molar-refractivity contribution in [2.24, 2.45) is 5.92 Å². The summed E-state index contributed by atoms with van der Waals surface area (Å²) in [7, 11) is 1.79. The van der Waals surface area contributed by atoms with Crippen LogP contribution in [0.25, 0.3) is 0 Å². The highest BCUT2D eigenvalue weighted by molar-refractivity contribution is 5.74. The van der Waals surface area contributed by atoms with E-state index in [2.05, 4.69) is 39.5 Å². The Kier molecular flexibility index (Phi) is 7.78. The van der Waals surface area contributed by atoms with Crippen LogP contribution in [-0.4, -0.2) is 48.8 Å². The normalized spacial score (nSPS) is 17.8. The van der Waals surface area contributed by atoms with Crippen LogP contribution in [0.4, 0.5) is 10.5 Å². The predicted molar refractivity (Wildman–Crippen MR) is 145 cm³/mol. The van der Waals surface area contributed by atoms with Gasteiger partial charge in [0.25, 0.3) is 0 Å². The Labute approximate surface area is 219 Å². The molecule has 5 rings (SSSR count). The van der Waals surface area contributed by atoms with E-state index >= 15 is 0 Å². The SMILES string of the molecule is CC(NC(=O)N(C)Cc1ccncc1)c1ccc(OC2CCN(c3ccc(OCC4CC4)cc3)C2)cc1. The van der Waals surface area contributed by atoms with E-state index in [1.807, 2.05) is 43.3 Å². The first-order valence-electron chi connectivity index (χ1n) is 13.2. The van der Waals surface area contributed by atoms with E-state index < -0.39 is 0 Å². The van der Waals surface area contributed by atoms with Crippen LogP contribution in [0.5, 0.6) is 11.5 Å². The van der Waals surface area contributed by atoms with Crippen LogP contribution in [-0.2, 0) is 6.54 Å².